The Balaban J connectivity index is 3.33. The highest BCUT2D eigenvalue weighted by Gasteiger charge is 1.89. The Morgan fingerprint density at radius 2 is 2.50 bits per heavy atom. The van der Waals surface area contributed by atoms with Gasteiger partial charge in [0.05, 0.1) is 11.9 Å². The van der Waals surface area contributed by atoms with Crippen LogP contribution in [0.2, 0.25) is 0 Å². The third-order valence-electron chi connectivity index (χ3n) is 0.239. The van der Waals surface area contributed by atoms with E-state index in [4.69, 9.17) is 6.57 Å². The first-order valence-corrected chi connectivity index (χ1v) is 2.39. The number of amides is 1. The van der Waals surface area contributed by atoms with Gasteiger partial charge in [-0.3, -0.25) is 0 Å². The second-order valence-corrected chi connectivity index (χ2v) is 1.20. The standard InChI is InChI=1S/C3H2BrNO/c1-5-3(6)2-4/h2H2. The first-order chi connectivity index (χ1) is 2.81. The van der Waals surface area contributed by atoms with Crippen LogP contribution in [0.3, 0.4) is 0 Å². The van der Waals surface area contributed by atoms with Gasteiger partial charge in [-0.25, -0.2) is 0 Å². The van der Waals surface area contributed by atoms with Gasteiger partial charge in [0.15, 0.2) is 0 Å². The molecule has 6 heavy (non-hydrogen) atoms. The molecule has 2 nitrogen and oxygen atoms in total. The van der Waals surface area contributed by atoms with Crippen LogP contribution in [0.1, 0.15) is 0 Å². The highest BCUT2D eigenvalue weighted by molar-refractivity contribution is 9.09. The summed E-state index contributed by atoms with van der Waals surface area (Å²) in [4.78, 5) is 12.4. The fourth-order valence-electron chi connectivity index (χ4n) is 0.0299. The molecule has 0 saturated heterocycles. The molecule has 0 radical (unpaired) electrons. The molecule has 3 heteroatoms. The lowest BCUT2D eigenvalue weighted by Crippen LogP contribution is -1.86. The van der Waals surface area contributed by atoms with Gasteiger partial charge in [-0.05, 0) is 0 Å². The van der Waals surface area contributed by atoms with Crippen molar-refractivity contribution >= 4 is 21.8 Å². The van der Waals surface area contributed by atoms with Crippen molar-refractivity contribution in [1.82, 2.24) is 0 Å². The van der Waals surface area contributed by atoms with E-state index in [1.54, 1.807) is 0 Å². The van der Waals surface area contributed by atoms with E-state index in [0.717, 1.165) is 0 Å². The number of nitrogens with zero attached hydrogens (tertiary/aromatic N) is 1. The minimum Gasteiger partial charge on any atom is -0.314 e. The SMILES string of the molecule is [C-]#[N+]C(=O)CBr. The zero-order valence-electron chi connectivity index (χ0n) is 2.94. The van der Waals surface area contributed by atoms with Gasteiger partial charge < -0.3 is 4.79 Å². The quantitative estimate of drug-likeness (QED) is 0.398. The molecule has 1 amide bonds. The Hall–Kier alpha value is -0.360. The van der Waals surface area contributed by atoms with Crippen molar-refractivity contribution in [3.8, 4) is 0 Å². The predicted molar refractivity (Wildman–Crippen MR) is 25.4 cm³/mol. The molecule has 0 atom stereocenters. The van der Waals surface area contributed by atoms with Crippen molar-refractivity contribution < 1.29 is 4.79 Å². The summed E-state index contributed by atoms with van der Waals surface area (Å²) >= 11 is 2.81. The summed E-state index contributed by atoms with van der Waals surface area (Å²) in [6.07, 6.45) is 0. The van der Waals surface area contributed by atoms with E-state index in [-0.39, 0.29) is 5.33 Å². The minimum atomic E-state index is -0.449. The minimum absolute atomic E-state index is 0.149. The molecule has 0 spiro atoms. The first kappa shape index (κ1) is 5.64. The molecule has 0 unspecified atom stereocenters. The maximum atomic E-state index is 9.78. The molecule has 0 bridgehead atoms. The Bertz CT molecular complexity index is 93.5. The third kappa shape index (κ3) is 1.91. The van der Waals surface area contributed by atoms with Gasteiger partial charge in [0, 0.05) is 0 Å². The number of hydrogen-bond acceptors (Lipinski definition) is 1. The molecule has 0 aromatic rings. The molecule has 32 valence electrons. The van der Waals surface area contributed by atoms with Crippen LogP contribution in [0.25, 0.3) is 4.85 Å². The fourth-order valence-corrected chi connectivity index (χ4v) is 0.155. The number of rotatable bonds is 1. The number of alkyl halides is 1. The second-order valence-electron chi connectivity index (χ2n) is 0.639. The molecule has 0 aromatic heterocycles. The van der Waals surface area contributed by atoms with Crippen LogP contribution >= 0.6 is 15.9 Å². The van der Waals surface area contributed by atoms with Gasteiger partial charge in [0.25, 0.3) is 0 Å². The summed E-state index contributed by atoms with van der Waals surface area (Å²) in [5, 5.41) is 0.149. The van der Waals surface area contributed by atoms with E-state index < -0.39 is 5.91 Å². The van der Waals surface area contributed by atoms with E-state index in [2.05, 4.69) is 20.8 Å². The maximum absolute atomic E-state index is 9.78. The van der Waals surface area contributed by atoms with Crippen LogP contribution < -0.4 is 0 Å². The van der Waals surface area contributed by atoms with Crippen molar-refractivity contribution in [2.45, 2.75) is 0 Å². The number of halogens is 1. The second kappa shape index (κ2) is 2.86. The molecule has 0 aliphatic rings. The molecular weight excluding hydrogens is 146 g/mol. The first-order valence-electron chi connectivity index (χ1n) is 1.27. The van der Waals surface area contributed by atoms with E-state index >= 15 is 0 Å². The van der Waals surface area contributed by atoms with Crippen molar-refractivity contribution in [1.29, 1.82) is 0 Å². The lowest BCUT2D eigenvalue weighted by molar-refractivity contribution is -0.112. The fraction of sp³-hybridized carbons (Fsp3) is 0.333. The van der Waals surface area contributed by atoms with Gasteiger partial charge in [0.1, 0.15) is 0 Å². The Labute approximate surface area is 44.1 Å². The predicted octanol–water partition coefficient (Wildman–Crippen LogP) is 0.827. The van der Waals surface area contributed by atoms with Crippen LogP contribution in [-0.2, 0) is 4.79 Å². The average Bonchev–Trinajstić information content (AvgIpc) is 1.65. The largest absolute Gasteiger partial charge is 0.365 e. The lowest BCUT2D eigenvalue weighted by Gasteiger charge is -1.67. The molecule has 0 fully saturated rings. The molecule has 0 aromatic carbocycles. The van der Waals surface area contributed by atoms with Crippen LogP contribution in [-0.4, -0.2) is 11.2 Å². The molecule has 0 N–H and O–H groups in total. The zero-order valence-corrected chi connectivity index (χ0v) is 4.53. The summed E-state index contributed by atoms with van der Waals surface area (Å²) in [5.74, 6) is -0.449. The number of carbonyl (C=O) groups is 1. The van der Waals surface area contributed by atoms with E-state index in [9.17, 15) is 4.79 Å². The number of carbonyl (C=O) groups excluding carboxylic acids is 1. The van der Waals surface area contributed by atoms with Crippen LogP contribution in [0.5, 0.6) is 0 Å². The van der Waals surface area contributed by atoms with Gasteiger partial charge in [0.2, 0.25) is 0 Å². The monoisotopic (exact) mass is 147 g/mol. The normalized spacial score (nSPS) is 6.67. The lowest BCUT2D eigenvalue weighted by atomic mass is 10.8. The molecule has 0 aliphatic carbocycles. The summed E-state index contributed by atoms with van der Waals surface area (Å²) in [6.45, 7) is 6.05. The third-order valence-corrected chi connectivity index (χ3v) is 0.719. The van der Waals surface area contributed by atoms with E-state index in [0.29, 0.717) is 0 Å². The smallest absolute Gasteiger partial charge is 0.314 e. The van der Waals surface area contributed by atoms with Crippen molar-refractivity contribution in [2.24, 2.45) is 0 Å². The van der Waals surface area contributed by atoms with Crippen LogP contribution in [0.15, 0.2) is 0 Å². The van der Waals surface area contributed by atoms with Gasteiger partial charge in [-0.1, -0.05) is 15.9 Å². The van der Waals surface area contributed by atoms with Crippen LogP contribution in [0.4, 0.5) is 0 Å². The van der Waals surface area contributed by atoms with Crippen LogP contribution in [0, 0.1) is 6.57 Å². The zero-order chi connectivity index (χ0) is 4.99. The van der Waals surface area contributed by atoms with Crippen molar-refractivity contribution in [3.63, 3.8) is 0 Å². The summed E-state index contributed by atoms with van der Waals surface area (Å²) in [5.41, 5.74) is 0. The maximum Gasteiger partial charge on any atom is 0.365 e. The number of hydrogen-bond donors (Lipinski definition) is 0. The highest BCUT2D eigenvalue weighted by atomic mass is 79.9. The molecule has 0 heterocycles. The Morgan fingerprint density at radius 1 is 2.00 bits per heavy atom. The van der Waals surface area contributed by atoms with Gasteiger partial charge >= 0.3 is 5.91 Å². The topological polar surface area (TPSA) is 21.4 Å². The van der Waals surface area contributed by atoms with Gasteiger partial charge in [-0.2, -0.15) is 4.85 Å². The molecule has 0 rings (SSSR count). The summed E-state index contributed by atoms with van der Waals surface area (Å²) in [6, 6.07) is 0. The molecular formula is C3H2BrNO. The summed E-state index contributed by atoms with van der Waals surface area (Å²) in [7, 11) is 0. The van der Waals surface area contributed by atoms with E-state index in [1.807, 2.05) is 0 Å². The van der Waals surface area contributed by atoms with Crippen molar-refractivity contribution in [3.05, 3.63) is 11.4 Å². The average molecular weight is 148 g/mol. The van der Waals surface area contributed by atoms with Gasteiger partial charge in [-0.15, -0.1) is 0 Å². The highest BCUT2D eigenvalue weighted by Crippen LogP contribution is 1.80. The van der Waals surface area contributed by atoms with Crippen molar-refractivity contribution in [2.75, 3.05) is 5.33 Å². The Kier molecular flexibility index (Phi) is 2.68. The van der Waals surface area contributed by atoms with E-state index in [1.165, 1.54) is 0 Å². The Morgan fingerprint density at radius 3 is 2.50 bits per heavy atom. The summed E-state index contributed by atoms with van der Waals surface area (Å²) < 4.78 is 0. The molecule has 0 saturated carbocycles. The molecule has 0 aliphatic heterocycles.